The van der Waals surface area contributed by atoms with Gasteiger partial charge in [-0.15, -0.1) is 0 Å². The summed E-state index contributed by atoms with van der Waals surface area (Å²) in [5, 5.41) is 8.99. The minimum Gasteiger partial charge on any atom is -0.392 e. The van der Waals surface area contributed by atoms with Gasteiger partial charge in [0.15, 0.2) is 0 Å². The second-order valence-electron chi connectivity index (χ2n) is 3.58. The van der Waals surface area contributed by atoms with E-state index in [4.69, 9.17) is 5.11 Å². The molecule has 1 aliphatic carbocycles. The standard InChI is InChI=1S/C12H14O/c1-9-3-2-4-11-7-10(8-13)5-6-12(9)11/h3,5-7,13H,2,4,8H2,1H3. The number of allylic oxidation sites excluding steroid dienone is 2. The Labute approximate surface area is 78.7 Å². The lowest BCUT2D eigenvalue weighted by atomic mass is 9.90. The van der Waals surface area contributed by atoms with Gasteiger partial charge in [0.05, 0.1) is 6.61 Å². The number of benzene rings is 1. The van der Waals surface area contributed by atoms with Crippen LogP contribution >= 0.6 is 0 Å². The molecular weight excluding hydrogens is 160 g/mol. The lowest BCUT2D eigenvalue weighted by Crippen LogP contribution is -1.99. The van der Waals surface area contributed by atoms with Gasteiger partial charge in [0.1, 0.15) is 0 Å². The van der Waals surface area contributed by atoms with Crippen molar-refractivity contribution in [1.82, 2.24) is 0 Å². The molecule has 1 aromatic rings. The van der Waals surface area contributed by atoms with Crippen LogP contribution in [0.2, 0.25) is 0 Å². The van der Waals surface area contributed by atoms with Gasteiger partial charge in [0.25, 0.3) is 0 Å². The van der Waals surface area contributed by atoms with Crippen LogP contribution in [0.25, 0.3) is 5.57 Å². The molecule has 0 unspecified atom stereocenters. The van der Waals surface area contributed by atoms with Gasteiger partial charge in [0.2, 0.25) is 0 Å². The maximum Gasteiger partial charge on any atom is 0.0681 e. The Hall–Kier alpha value is -1.08. The smallest absolute Gasteiger partial charge is 0.0681 e. The summed E-state index contributed by atoms with van der Waals surface area (Å²) in [6.07, 6.45) is 4.52. The third-order valence-electron chi connectivity index (χ3n) is 2.64. The van der Waals surface area contributed by atoms with Crippen LogP contribution in [0.5, 0.6) is 0 Å². The summed E-state index contributed by atoms with van der Waals surface area (Å²) >= 11 is 0. The van der Waals surface area contributed by atoms with Crippen molar-refractivity contribution in [3.8, 4) is 0 Å². The first-order valence-corrected chi connectivity index (χ1v) is 4.71. The Morgan fingerprint density at radius 2 is 2.23 bits per heavy atom. The quantitative estimate of drug-likeness (QED) is 0.693. The number of fused-ring (bicyclic) bond motifs is 1. The van der Waals surface area contributed by atoms with Crippen LogP contribution in [-0.4, -0.2) is 5.11 Å². The van der Waals surface area contributed by atoms with Crippen LogP contribution in [0.1, 0.15) is 30.0 Å². The van der Waals surface area contributed by atoms with Gasteiger partial charge in [-0.3, -0.25) is 0 Å². The highest BCUT2D eigenvalue weighted by atomic mass is 16.3. The van der Waals surface area contributed by atoms with Crippen molar-refractivity contribution in [2.75, 3.05) is 0 Å². The van der Waals surface area contributed by atoms with Gasteiger partial charge in [-0.2, -0.15) is 0 Å². The average molecular weight is 174 g/mol. The SMILES string of the molecule is CC1=CCCc2cc(CO)ccc21. The van der Waals surface area contributed by atoms with Crippen LogP contribution in [0.3, 0.4) is 0 Å². The first kappa shape index (κ1) is 8.52. The van der Waals surface area contributed by atoms with Crippen molar-refractivity contribution in [3.05, 3.63) is 41.0 Å². The van der Waals surface area contributed by atoms with E-state index in [-0.39, 0.29) is 6.61 Å². The van der Waals surface area contributed by atoms with E-state index in [1.165, 1.54) is 16.7 Å². The predicted molar refractivity (Wildman–Crippen MR) is 54.3 cm³/mol. The van der Waals surface area contributed by atoms with Crippen LogP contribution in [-0.2, 0) is 13.0 Å². The third kappa shape index (κ3) is 1.52. The lowest BCUT2D eigenvalue weighted by molar-refractivity contribution is 0.281. The molecule has 0 heterocycles. The number of hydrogen-bond donors (Lipinski definition) is 1. The lowest BCUT2D eigenvalue weighted by Gasteiger charge is -2.15. The second kappa shape index (κ2) is 3.35. The molecule has 0 bridgehead atoms. The molecule has 1 heteroatoms. The summed E-state index contributed by atoms with van der Waals surface area (Å²) < 4.78 is 0. The molecule has 1 aliphatic rings. The average Bonchev–Trinajstić information content (AvgIpc) is 2.18. The fourth-order valence-electron chi connectivity index (χ4n) is 1.89. The van der Waals surface area contributed by atoms with Crippen LogP contribution in [0, 0.1) is 0 Å². The molecule has 0 saturated carbocycles. The van der Waals surface area contributed by atoms with Crippen molar-refractivity contribution in [2.45, 2.75) is 26.4 Å². The molecule has 1 N–H and O–H groups in total. The molecule has 0 saturated heterocycles. The molecule has 2 rings (SSSR count). The van der Waals surface area contributed by atoms with E-state index >= 15 is 0 Å². The molecule has 1 aromatic carbocycles. The number of aliphatic hydroxyl groups excluding tert-OH is 1. The first-order chi connectivity index (χ1) is 6.31. The zero-order valence-corrected chi connectivity index (χ0v) is 7.88. The molecule has 0 aliphatic heterocycles. The molecule has 0 radical (unpaired) electrons. The molecule has 0 fully saturated rings. The van der Waals surface area contributed by atoms with Crippen molar-refractivity contribution < 1.29 is 5.11 Å². The molecule has 0 amide bonds. The summed E-state index contributed by atoms with van der Waals surface area (Å²) in [6.45, 7) is 2.30. The zero-order chi connectivity index (χ0) is 9.26. The number of aryl methyl sites for hydroxylation is 1. The molecule has 1 nitrogen and oxygen atoms in total. The van der Waals surface area contributed by atoms with E-state index in [1.54, 1.807) is 0 Å². The van der Waals surface area contributed by atoms with E-state index in [2.05, 4.69) is 25.1 Å². The zero-order valence-electron chi connectivity index (χ0n) is 7.88. The van der Waals surface area contributed by atoms with Crippen molar-refractivity contribution in [2.24, 2.45) is 0 Å². The number of rotatable bonds is 1. The predicted octanol–water partition coefficient (Wildman–Crippen LogP) is 2.53. The van der Waals surface area contributed by atoms with Gasteiger partial charge in [-0.25, -0.2) is 0 Å². The summed E-state index contributed by atoms with van der Waals surface area (Å²) in [6, 6.07) is 6.24. The van der Waals surface area contributed by atoms with Gasteiger partial charge in [-0.1, -0.05) is 24.3 Å². The summed E-state index contributed by atoms with van der Waals surface area (Å²) in [5.41, 5.74) is 5.12. The molecule has 0 aromatic heterocycles. The van der Waals surface area contributed by atoms with Gasteiger partial charge >= 0.3 is 0 Å². The Morgan fingerprint density at radius 1 is 1.38 bits per heavy atom. The largest absolute Gasteiger partial charge is 0.392 e. The molecule has 13 heavy (non-hydrogen) atoms. The minimum absolute atomic E-state index is 0.149. The fourth-order valence-corrected chi connectivity index (χ4v) is 1.89. The number of aliphatic hydroxyl groups is 1. The highest BCUT2D eigenvalue weighted by Crippen LogP contribution is 2.26. The van der Waals surface area contributed by atoms with Crippen LogP contribution < -0.4 is 0 Å². The van der Waals surface area contributed by atoms with E-state index < -0.39 is 0 Å². The minimum atomic E-state index is 0.149. The molecule has 68 valence electrons. The highest BCUT2D eigenvalue weighted by molar-refractivity contribution is 5.68. The normalized spacial score (nSPS) is 15.1. The Morgan fingerprint density at radius 3 is 3.00 bits per heavy atom. The van der Waals surface area contributed by atoms with E-state index in [0.717, 1.165) is 18.4 Å². The van der Waals surface area contributed by atoms with Crippen molar-refractivity contribution >= 4 is 5.57 Å². The van der Waals surface area contributed by atoms with Crippen LogP contribution in [0.4, 0.5) is 0 Å². The molecule has 0 atom stereocenters. The summed E-state index contributed by atoms with van der Waals surface area (Å²) in [5.74, 6) is 0. The van der Waals surface area contributed by atoms with Gasteiger partial charge < -0.3 is 5.11 Å². The molecule has 0 spiro atoms. The molecular formula is C12H14O. The Kier molecular flexibility index (Phi) is 2.19. The van der Waals surface area contributed by atoms with Gasteiger partial charge in [-0.05, 0) is 42.0 Å². The topological polar surface area (TPSA) is 20.2 Å². The first-order valence-electron chi connectivity index (χ1n) is 4.71. The fraction of sp³-hybridized carbons (Fsp3) is 0.333. The van der Waals surface area contributed by atoms with E-state index in [1.807, 2.05) is 6.07 Å². The Balaban J connectivity index is 2.48. The second-order valence-corrected chi connectivity index (χ2v) is 3.58. The monoisotopic (exact) mass is 174 g/mol. The number of hydrogen-bond acceptors (Lipinski definition) is 1. The van der Waals surface area contributed by atoms with E-state index in [0.29, 0.717) is 0 Å². The van der Waals surface area contributed by atoms with E-state index in [9.17, 15) is 0 Å². The summed E-state index contributed by atoms with van der Waals surface area (Å²) in [7, 11) is 0. The highest BCUT2D eigenvalue weighted by Gasteiger charge is 2.08. The van der Waals surface area contributed by atoms with Crippen molar-refractivity contribution in [1.29, 1.82) is 0 Å². The third-order valence-corrected chi connectivity index (χ3v) is 2.64. The van der Waals surface area contributed by atoms with Gasteiger partial charge in [0, 0.05) is 0 Å². The van der Waals surface area contributed by atoms with Crippen molar-refractivity contribution in [3.63, 3.8) is 0 Å². The Bertz CT molecular complexity index is 350. The maximum atomic E-state index is 8.99. The van der Waals surface area contributed by atoms with Crippen LogP contribution in [0.15, 0.2) is 24.3 Å². The summed E-state index contributed by atoms with van der Waals surface area (Å²) in [4.78, 5) is 0. The maximum absolute atomic E-state index is 8.99.